The number of carboxylic acids is 1. The van der Waals surface area contributed by atoms with E-state index in [1.165, 1.54) is 11.3 Å². The molecule has 1 atom stereocenters. The number of aromatic carboxylic acids is 1. The van der Waals surface area contributed by atoms with Crippen LogP contribution in [0.5, 0.6) is 0 Å². The van der Waals surface area contributed by atoms with Crippen LogP contribution >= 0.6 is 11.3 Å². The summed E-state index contributed by atoms with van der Waals surface area (Å²) in [6.45, 7) is 0.261. The third-order valence-electron chi connectivity index (χ3n) is 1.54. The Labute approximate surface area is 73.8 Å². The Morgan fingerprint density at radius 2 is 2.42 bits per heavy atom. The van der Waals surface area contributed by atoms with Crippen LogP contribution in [0.3, 0.4) is 0 Å². The lowest BCUT2D eigenvalue weighted by atomic mass is 10.1. The van der Waals surface area contributed by atoms with Crippen LogP contribution in [0.4, 0.5) is 0 Å². The topological polar surface area (TPSA) is 89.3 Å². The second-order valence-electron chi connectivity index (χ2n) is 2.35. The molecule has 0 saturated heterocycles. The van der Waals surface area contributed by atoms with Crippen LogP contribution in [-0.4, -0.2) is 17.6 Å². The van der Waals surface area contributed by atoms with Crippen LogP contribution in [0.2, 0.25) is 0 Å². The van der Waals surface area contributed by atoms with Crippen molar-refractivity contribution in [1.29, 1.82) is 0 Å². The van der Waals surface area contributed by atoms with Crippen molar-refractivity contribution in [3.8, 4) is 0 Å². The van der Waals surface area contributed by atoms with Crippen LogP contribution < -0.4 is 11.5 Å². The van der Waals surface area contributed by atoms with E-state index in [-0.39, 0.29) is 17.5 Å². The van der Waals surface area contributed by atoms with E-state index >= 15 is 0 Å². The van der Waals surface area contributed by atoms with Gasteiger partial charge in [0.2, 0.25) is 0 Å². The van der Waals surface area contributed by atoms with Crippen molar-refractivity contribution in [2.75, 3.05) is 6.54 Å². The molecule has 0 saturated carbocycles. The average molecular weight is 186 g/mol. The highest BCUT2D eigenvalue weighted by molar-refractivity contribution is 7.12. The third kappa shape index (κ3) is 1.63. The zero-order chi connectivity index (χ0) is 9.14. The fraction of sp³-hybridized carbons (Fsp3) is 0.286. The van der Waals surface area contributed by atoms with Gasteiger partial charge in [-0.1, -0.05) is 0 Å². The molecule has 0 amide bonds. The molecule has 5 heteroatoms. The van der Waals surface area contributed by atoms with Crippen molar-refractivity contribution in [3.05, 3.63) is 21.9 Å². The molecule has 1 rings (SSSR count). The minimum atomic E-state index is -0.941. The molecule has 66 valence electrons. The fourth-order valence-corrected chi connectivity index (χ4v) is 1.72. The molecule has 0 fully saturated rings. The Morgan fingerprint density at radius 1 is 1.75 bits per heavy atom. The van der Waals surface area contributed by atoms with Gasteiger partial charge in [-0.3, -0.25) is 0 Å². The molecular weight excluding hydrogens is 176 g/mol. The van der Waals surface area contributed by atoms with Gasteiger partial charge in [0.05, 0.1) is 0 Å². The first kappa shape index (κ1) is 9.18. The molecule has 1 aromatic heterocycles. The van der Waals surface area contributed by atoms with E-state index < -0.39 is 5.97 Å². The Balaban J connectivity index is 2.98. The zero-order valence-electron chi connectivity index (χ0n) is 6.36. The number of carboxylic acid groups (broad SMARTS) is 1. The lowest BCUT2D eigenvalue weighted by Gasteiger charge is -2.06. The number of thiophene rings is 1. The van der Waals surface area contributed by atoms with Gasteiger partial charge in [-0.15, -0.1) is 11.3 Å². The van der Waals surface area contributed by atoms with Gasteiger partial charge >= 0.3 is 5.97 Å². The summed E-state index contributed by atoms with van der Waals surface area (Å²) in [4.78, 5) is 10.9. The Kier molecular flexibility index (Phi) is 2.80. The maximum Gasteiger partial charge on any atom is 0.346 e. The van der Waals surface area contributed by atoms with E-state index in [9.17, 15) is 4.79 Å². The van der Waals surface area contributed by atoms with Crippen molar-refractivity contribution in [1.82, 2.24) is 0 Å². The Bertz CT molecular complexity index is 285. The summed E-state index contributed by atoms with van der Waals surface area (Å²) in [5.41, 5.74) is 11.5. The van der Waals surface area contributed by atoms with Gasteiger partial charge in [0.15, 0.2) is 0 Å². The Hall–Kier alpha value is -0.910. The highest BCUT2D eigenvalue weighted by atomic mass is 32.1. The fourth-order valence-electron chi connectivity index (χ4n) is 0.912. The molecule has 12 heavy (non-hydrogen) atoms. The van der Waals surface area contributed by atoms with Crippen LogP contribution in [0.25, 0.3) is 0 Å². The molecular formula is C7H10N2O2S. The second kappa shape index (κ2) is 3.66. The number of hydrogen-bond donors (Lipinski definition) is 3. The van der Waals surface area contributed by atoms with E-state index in [0.29, 0.717) is 5.56 Å². The highest BCUT2D eigenvalue weighted by Gasteiger charge is 2.15. The maximum absolute atomic E-state index is 10.6. The van der Waals surface area contributed by atoms with Gasteiger partial charge in [-0.2, -0.15) is 0 Å². The van der Waals surface area contributed by atoms with Crippen molar-refractivity contribution in [2.45, 2.75) is 6.04 Å². The lowest BCUT2D eigenvalue weighted by molar-refractivity contribution is 0.0700. The third-order valence-corrected chi connectivity index (χ3v) is 2.46. The summed E-state index contributed by atoms with van der Waals surface area (Å²) in [6.07, 6.45) is 0. The largest absolute Gasteiger partial charge is 0.477 e. The minimum Gasteiger partial charge on any atom is -0.477 e. The summed E-state index contributed by atoms with van der Waals surface area (Å²) in [7, 11) is 0. The van der Waals surface area contributed by atoms with Gasteiger partial charge in [0, 0.05) is 12.6 Å². The second-order valence-corrected chi connectivity index (χ2v) is 3.27. The van der Waals surface area contributed by atoms with Gasteiger partial charge in [0.25, 0.3) is 0 Å². The summed E-state index contributed by atoms with van der Waals surface area (Å²) in [5.74, 6) is -0.941. The summed E-state index contributed by atoms with van der Waals surface area (Å²) < 4.78 is 0. The summed E-state index contributed by atoms with van der Waals surface area (Å²) >= 11 is 1.17. The van der Waals surface area contributed by atoms with E-state index in [0.717, 1.165) is 0 Å². The van der Waals surface area contributed by atoms with Crippen LogP contribution in [0.15, 0.2) is 11.4 Å². The molecule has 0 radical (unpaired) electrons. The lowest BCUT2D eigenvalue weighted by Crippen LogP contribution is -2.21. The monoisotopic (exact) mass is 186 g/mol. The van der Waals surface area contributed by atoms with E-state index in [4.69, 9.17) is 16.6 Å². The van der Waals surface area contributed by atoms with Gasteiger partial charge in [0.1, 0.15) is 4.88 Å². The van der Waals surface area contributed by atoms with Crippen LogP contribution in [-0.2, 0) is 0 Å². The van der Waals surface area contributed by atoms with Gasteiger partial charge < -0.3 is 16.6 Å². The molecule has 1 unspecified atom stereocenters. The highest BCUT2D eigenvalue weighted by Crippen LogP contribution is 2.21. The van der Waals surface area contributed by atoms with E-state index in [1.54, 1.807) is 11.4 Å². The normalized spacial score (nSPS) is 12.8. The smallest absolute Gasteiger partial charge is 0.346 e. The van der Waals surface area contributed by atoms with Gasteiger partial charge in [-0.05, 0) is 17.0 Å². The van der Waals surface area contributed by atoms with Crippen molar-refractivity contribution >= 4 is 17.3 Å². The van der Waals surface area contributed by atoms with Crippen molar-refractivity contribution in [3.63, 3.8) is 0 Å². The van der Waals surface area contributed by atoms with Crippen LogP contribution in [0.1, 0.15) is 21.3 Å². The SMILES string of the molecule is NCC(N)c1ccsc1C(=O)O. The standard InChI is InChI=1S/C7H10N2O2S/c8-3-5(9)4-1-2-12-6(4)7(10)11/h1-2,5H,3,8-9H2,(H,10,11). The first-order valence-electron chi connectivity index (χ1n) is 3.43. The zero-order valence-corrected chi connectivity index (χ0v) is 7.17. The molecule has 0 bridgehead atoms. The molecule has 0 aliphatic carbocycles. The van der Waals surface area contributed by atoms with Crippen LogP contribution in [0, 0.1) is 0 Å². The average Bonchev–Trinajstić information content (AvgIpc) is 2.50. The maximum atomic E-state index is 10.6. The molecule has 1 heterocycles. The predicted octanol–water partition coefficient (Wildman–Crippen LogP) is 0.405. The molecule has 0 spiro atoms. The number of hydrogen-bond acceptors (Lipinski definition) is 4. The molecule has 0 aromatic carbocycles. The first-order chi connectivity index (χ1) is 5.66. The number of carbonyl (C=O) groups is 1. The summed E-state index contributed by atoms with van der Waals surface area (Å²) in [5, 5.41) is 10.4. The Morgan fingerprint density at radius 3 is 2.92 bits per heavy atom. The first-order valence-corrected chi connectivity index (χ1v) is 4.31. The molecule has 1 aromatic rings. The van der Waals surface area contributed by atoms with Crippen molar-refractivity contribution in [2.24, 2.45) is 11.5 Å². The molecule has 4 nitrogen and oxygen atoms in total. The van der Waals surface area contributed by atoms with E-state index in [2.05, 4.69) is 0 Å². The van der Waals surface area contributed by atoms with Gasteiger partial charge in [-0.25, -0.2) is 4.79 Å². The quantitative estimate of drug-likeness (QED) is 0.637. The summed E-state index contributed by atoms with van der Waals surface area (Å²) in [6, 6.07) is 1.33. The molecule has 5 N–H and O–H groups in total. The number of nitrogens with two attached hydrogens (primary N) is 2. The number of rotatable bonds is 3. The predicted molar refractivity (Wildman–Crippen MR) is 47.3 cm³/mol. The van der Waals surface area contributed by atoms with Crippen molar-refractivity contribution < 1.29 is 9.90 Å². The molecule has 0 aliphatic rings. The minimum absolute atomic E-state index is 0.261. The van der Waals surface area contributed by atoms with E-state index in [1.807, 2.05) is 0 Å². The molecule has 0 aliphatic heterocycles.